The average Bonchev–Trinajstić information content (AvgIpc) is 3.15. The van der Waals surface area contributed by atoms with Crippen molar-refractivity contribution in [2.24, 2.45) is 10.9 Å². The van der Waals surface area contributed by atoms with Crippen LogP contribution in [0.2, 0.25) is 0 Å². The molecule has 2 heterocycles. The second-order valence-corrected chi connectivity index (χ2v) is 6.04. The van der Waals surface area contributed by atoms with E-state index in [1.165, 1.54) is 5.56 Å². The minimum absolute atomic E-state index is 0.0129. The number of aryl methyl sites for hydroxylation is 1. The Morgan fingerprint density at radius 1 is 1.17 bits per heavy atom. The summed E-state index contributed by atoms with van der Waals surface area (Å²) in [5, 5.41) is 0. The van der Waals surface area contributed by atoms with Gasteiger partial charge in [-0.15, -0.1) is 0 Å². The van der Waals surface area contributed by atoms with Gasteiger partial charge in [0.05, 0.1) is 6.54 Å². The molecule has 122 valence electrons. The van der Waals surface area contributed by atoms with Gasteiger partial charge in [-0.05, 0) is 24.8 Å². The fraction of sp³-hybridized carbons (Fsp3) is 0.500. The number of likely N-dealkylation sites (tertiary alicyclic amines) is 1. The molecule has 0 radical (unpaired) electrons. The Morgan fingerprint density at radius 3 is 2.57 bits per heavy atom. The zero-order valence-electron chi connectivity index (χ0n) is 13.2. The van der Waals surface area contributed by atoms with Crippen molar-refractivity contribution >= 4 is 17.6 Å². The molecule has 5 nitrogen and oxygen atoms in total. The topological polar surface area (TPSA) is 59.0 Å². The Morgan fingerprint density at radius 2 is 1.91 bits per heavy atom. The van der Waals surface area contributed by atoms with E-state index in [1.54, 1.807) is 0 Å². The van der Waals surface area contributed by atoms with E-state index in [2.05, 4.69) is 4.99 Å². The summed E-state index contributed by atoms with van der Waals surface area (Å²) >= 11 is 0. The number of hydrogen-bond acceptors (Lipinski definition) is 4. The predicted molar refractivity (Wildman–Crippen MR) is 87.3 cm³/mol. The summed E-state index contributed by atoms with van der Waals surface area (Å²) in [5.74, 6) is 0.428. The van der Waals surface area contributed by atoms with E-state index in [0.717, 1.165) is 6.42 Å². The first kappa shape index (κ1) is 15.7. The smallest absolute Gasteiger partial charge is 0.253 e. The van der Waals surface area contributed by atoms with Crippen LogP contribution in [0.5, 0.6) is 0 Å². The Bertz CT molecular complexity index is 590. The van der Waals surface area contributed by atoms with Crippen LogP contribution in [0.15, 0.2) is 35.3 Å². The monoisotopic (exact) mass is 314 g/mol. The molecule has 2 aliphatic rings. The van der Waals surface area contributed by atoms with Crippen molar-refractivity contribution < 1.29 is 14.3 Å². The van der Waals surface area contributed by atoms with Crippen molar-refractivity contribution in [3.63, 3.8) is 0 Å². The zero-order chi connectivity index (χ0) is 16.1. The Kier molecular flexibility index (Phi) is 5.05. The highest BCUT2D eigenvalue weighted by atomic mass is 16.5. The van der Waals surface area contributed by atoms with Crippen molar-refractivity contribution in [2.75, 3.05) is 26.2 Å². The average molecular weight is 314 g/mol. The maximum Gasteiger partial charge on any atom is 0.253 e. The minimum atomic E-state index is -0.0509. The second kappa shape index (κ2) is 7.40. The van der Waals surface area contributed by atoms with Crippen LogP contribution in [0.1, 0.15) is 24.8 Å². The minimum Gasteiger partial charge on any atom is -0.473 e. The molecule has 2 aliphatic heterocycles. The normalized spacial score (nSPS) is 18.4. The lowest BCUT2D eigenvalue weighted by atomic mass is 9.92. The van der Waals surface area contributed by atoms with Crippen LogP contribution in [0.4, 0.5) is 0 Å². The molecule has 23 heavy (non-hydrogen) atoms. The molecule has 0 N–H and O–H groups in total. The molecule has 1 aromatic rings. The lowest BCUT2D eigenvalue weighted by Crippen LogP contribution is -2.41. The number of aliphatic imine (C=N–C) groups is 1. The number of ether oxygens (including phenoxy) is 1. The first-order chi connectivity index (χ1) is 11.2. The maximum atomic E-state index is 12.3. The third-order valence-corrected chi connectivity index (χ3v) is 4.49. The molecule has 0 saturated carbocycles. The molecule has 1 saturated heterocycles. The molecular formula is C18H22N2O3. The molecule has 0 bridgehead atoms. The molecule has 3 rings (SSSR count). The fourth-order valence-corrected chi connectivity index (χ4v) is 3.10. The van der Waals surface area contributed by atoms with E-state index >= 15 is 0 Å². The number of Topliss-reactive ketones (excluding diaryl/α,β-unsaturated/α-hetero) is 1. The zero-order valence-corrected chi connectivity index (χ0v) is 13.2. The van der Waals surface area contributed by atoms with E-state index in [-0.39, 0.29) is 17.6 Å². The number of rotatable bonds is 5. The highest BCUT2D eigenvalue weighted by Gasteiger charge is 2.31. The van der Waals surface area contributed by atoms with Gasteiger partial charge in [-0.2, -0.15) is 0 Å². The first-order valence-electron chi connectivity index (χ1n) is 8.27. The summed E-state index contributed by atoms with van der Waals surface area (Å²) < 4.78 is 5.25. The Hall–Kier alpha value is -2.17. The summed E-state index contributed by atoms with van der Waals surface area (Å²) in [6, 6.07) is 10.0. The lowest BCUT2D eigenvalue weighted by molar-refractivity contribution is -0.134. The first-order valence-corrected chi connectivity index (χ1v) is 8.27. The number of carbonyl (C=O) groups is 2. The van der Waals surface area contributed by atoms with Gasteiger partial charge in [0, 0.05) is 25.4 Å². The van der Waals surface area contributed by atoms with Crippen LogP contribution < -0.4 is 0 Å². The van der Waals surface area contributed by atoms with Gasteiger partial charge in [0.1, 0.15) is 6.61 Å². The van der Waals surface area contributed by atoms with Gasteiger partial charge in [-0.1, -0.05) is 30.3 Å². The molecule has 0 atom stereocenters. The molecule has 1 fully saturated rings. The number of amides is 1. The van der Waals surface area contributed by atoms with Crippen molar-refractivity contribution in [2.45, 2.75) is 25.7 Å². The van der Waals surface area contributed by atoms with Crippen LogP contribution in [0.25, 0.3) is 0 Å². The Labute approximate surface area is 136 Å². The number of carbonyl (C=O) groups excluding carboxylic acids is 2. The van der Waals surface area contributed by atoms with Crippen molar-refractivity contribution in [1.82, 2.24) is 4.90 Å². The Balaban J connectivity index is 1.45. The highest BCUT2D eigenvalue weighted by molar-refractivity contribution is 6.37. The van der Waals surface area contributed by atoms with Gasteiger partial charge in [0.2, 0.25) is 11.7 Å². The van der Waals surface area contributed by atoms with Crippen LogP contribution in [0, 0.1) is 5.92 Å². The standard InChI is InChI=1S/C18H22N2O3/c21-16(7-6-14-4-2-1-3-5-14)20-11-8-15(9-12-20)17(22)18-19-10-13-23-18/h1-5,15H,6-13H2. The van der Waals surface area contributed by atoms with Gasteiger partial charge < -0.3 is 9.64 Å². The highest BCUT2D eigenvalue weighted by Crippen LogP contribution is 2.20. The van der Waals surface area contributed by atoms with E-state index in [9.17, 15) is 9.59 Å². The summed E-state index contributed by atoms with van der Waals surface area (Å²) in [6.07, 6.45) is 2.71. The quantitative estimate of drug-likeness (QED) is 0.833. The molecule has 1 amide bonds. The second-order valence-electron chi connectivity index (χ2n) is 6.04. The molecule has 0 aliphatic carbocycles. The van der Waals surface area contributed by atoms with Crippen LogP contribution in [-0.4, -0.2) is 48.7 Å². The third-order valence-electron chi connectivity index (χ3n) is 4.49. The van der Waals surface area contributed by atoms with Crippen LogP contribution >= 0.6 is 0 Å². The van der Waals surface area contributed by atoms with Crippen LogP contribution in [-0.2, 0) is 20.7 Å². The summed E-state index contributed by atoms with van der Waals surface area (Å²) in [6.45, 7) is 2.39. The number of nitrogens with zero attached hydrogens (tertiary/aromatic N) is 2. The van der Waals surface area contributed by atoms with Crippen molar-refractivity contribution in [1.29, 1.82) is 0 Å². The van der Waals surface area contributed by atoms with Gasteiger partial charge >= 0.3 is 0 Å². The largest absolute Gasteiger partial charge is 0.473 e. The van der Waals surface area contributed by atoms with E-state index < -0.39 is 0 Å². The van der Waals surface area contributed by atoms with E-state index in [4.69, 9.17) is 4.74 Å². The summed E-state index contributed by atoms with van der Waals surface area (Å²) in [5.41, 5.74) is 1.18. The van der Waals surface area contributed by atoms with Gasteiger partial charge in [-0.3, -0.25) is 9.59 Å². The molecular weight excluding hydrogens is 292 g/mol. The SMILES string of the molecule is O=C(C1=NCCO1)C1CCN(C(=O)CCc2ccccc2)CC1. The summed E-state index contributed by atoms with van der Waals surface area (Å²) in [7, 11) is 0. The lowest BCUT2D eigenvalue weighted by Gasteiger charge is -2.31. The predicted octanol–water partition coefficient (Wildman–Crippen LogP) is 1.86. The molecule has 0 aromatic heterocycles. The van der Waals surface area contributed by atoms with Crippen molar-refractivity contribution in [3.05, 3.63) is 35.9 Å². The van der Waals surface area contributed by atoms with Gasteiger partial charge in [-0.25, -0.2) is 4.99 Å². The third kappa shape index (κ3) is 3.97. The van der Waals surface area contributed by atoms with E-state index in [1.807, 2.05) is 35.2 Å². The molecule has 1 aromatic carbocycles. The molecule has 0 unspecified atom stereocenters. The molecule has 0 spiro atoms. The maximum absolute atomic E-state index is 12.3. The van der Waals surface area contributed by atoms with Crippen LogP contribution in [0.3, 0.4) is 0 Å². The van der Waals surface area contributed by atoms with Gasteiger partial charge in [0.25, 0.3) is 5.90 Å². The van der Waals surface area contributed by atoms with E-state index in [0.29, 0.717) is 51.4 Å². The fourth-order valence-electron chi connectivity index (χ4n) is 3.10. The number of benzene rings is 1. The number of piperidine rings is 1. The summed E-state index contributed by atoms with van der Waals surface area (Å²) in [4.78, 5) is 30.5. The number of hydrogen-bond donors (Lipinski definition) is 0. The number of ketones is 1. The van der Waals surface area contributed by atoms with Crippen molar-refractivity contribution in [3.8, 4) is 0 Å². The molecule has 5 heteroatoms. The van der Waals surface area contributed by atoms with Gasteiger partial charge in [0.15, 0.2) is 0 Å².